The summed E-state index contributed by atoms with van der Waals surface area (Å²) < 4.78 is 28.5. The second-order valence-electron chi connectivity index (χ2n) is 7.96. The number of amides is 1. The molecule has 36 heavy (non-hydrogen) atoms. The predicted molar refractivity (Wildman–Crippen MR) is 132 cm³/mol. The van der Waals surface area contributed by atoms with Gasteiger partial charge in [-0.25, -0.2) is 4.68 Å². The Bertz CT molecular complexity index is 1400. The van der Waals surface area contributed by atoms with Gasteiger partial charge in [-0.2, -0.15) is 5.10 Å². The zero-order valence-electron chi connectivity index (χ0n) is 20.1. The van der Waals surface area contributed by atoms with Crippen LogP contribution in [0.25, 0.3) is 16.9 Å². The molecule has 0 unspecified atom stereocenters. The van der Waals surface area contributed by atoms with Crippen LogP contribution >= 0.6 is 0 Å². The molecule has 0 radical (unpaired) electrons. The lowest BCUT2D eigenvalue weighted by Gasteiger charge is -2.10. The van der Waals surface area contributed by atoms with Crippen LogP contribution in [0.4, 0.5) is 0 Å². The highest BCUT2D eigenvalue weighted by Gasteiger charge is 2.20. The minimum Gasteiger partial charge on any atom is -0.497 e. The van der Waals surface area contributed by atoms with Crippen molar-refractivity contribution in [3.05, 3.63) is 78.0 Å². The molecular weight excluding hydrogens is 462 g/mol. The number of nitrogens with one attached hydrogen (secondary N) is 1. The van der Waals surface area contributed by atoms with Gasteiger partial charge in [-0.3, -0.25) is 4.79 Å². The Morgan fingerprint density at radius 3 is 2.39 bits per heavy atom. The Balaban J connectivity index is 1.48. The van der Waals surface area contributed by atoms with Crippen LogP contribution in [0.2, 0.25) is 0 Å². The number of rotatable bonds is 8. The maximum Gasteiger partial charge on any atom is 0.270 e. The first kappa shape index (κ1) is 23.1. The number of ether oxygens (including phenoxy) is 5. The van der Waals surface area contributed by atoms with Gasteiger partial charge in [0.2, 0.25) is 6.79 Å². The van der Waals surface area contributed by atoms with E-state index in [2.05, 4.69) is 5.32 Å². The van der Waals surface area contributed by atoms with E-state index in [1.165, 1.54) is 0 Å². The van der Waals surface area contributed by atoms with Gasteiger partial charge in [-0.1, -0.05) is 6.07 Å². The van der Waals surface area contributed by atoms with Crippen molar-refractivity contribution < 1.29 is 28.5 Å². The summed E-state index contributed by atoms with van der Waals surface area (Å²) >= 11 is 0. The molecule has 1 aromatic heterocycles. The number of fused-ring (bicyclic) bond motifs is 1. The van der Waals surface area contributed by atoms with E-state index in [9.17, 15) is 4.79 Å². The smallest absolute Gasteiger partial charge is 0.270 e. The van der Waals surface area contributed by atoms with Crippen LogP contribution in [0.5, 0.6) is 28.7 Å². The number of aromatic nitrogens is 2. The maximum atomic E-state index is 13.4. The van der Waals surface area contributed by atoms with Gasteiger partial charge in [0.15, 0.2) is 11.5 Å². The van der Waals surface area contributed by atoms with Gasteiger partial charge in [0, 0.05) is 18.2 Å². The first-order valence-electron chi connectivity index (χ1n) is 11.2. The molecule has 0 bridgehead atoms. The fourth-order valence-electron chi connectivity index (χ4n) is 3.93. The Hall–Kier alpha value is -4.66. The van der Waals surface area contributed by atoms with Gasteiger partial charge in [0.25, 0.3) is 5.91 Å². The van der Waals surface area contributed by atoms with Crippen molar-refractivity contribution in [1.82, 2.24) is 15.1 Å². The molecule has 0 atom stereocenters. The third kappa shape index (κ3) is 4.50. The number of methoxy groups -OCH3 is 3. The van der Waals surface area contributed by atoms with Crippen molar-refractivity contribution in [2.75, 3.05) is 28.1 Å². The second-order valence-corrected chi connectivity index (χ2v) is 7.96. The van der Waals surface area contributed by atoms with E-state index in [1.807, 2.05) is 54.6 Å². The van der Waals surface area contributed by atoms with Crippen molar-refractivity contribution in [2.24, 2.45) is 0 Å². The zero-order chi connectivity index (χ0) is 25.1. The van der Waals surface area contributed by atoms with Crippen LogP contribution in [0, 0.1) is 0 Å². The van der Waals surface area contributed by atoms with Crippen LogP contribution in [-0.2, 0) is 6.54 Å². The highest BCUT2D eigenvalue weighted by molar-refractivity contribution is 5.94. The van der Waals surface area contributed by atoms with Crippen molar-refractivity contribution in [2.45, 2.75) is 6.54 Å². The fraction of sp³-hybridized carbons (Fsp3) is 0.185. The molecule has 9 nitrogen and oxygen atoms in total. The molecule has 1 amide bonds. The Labute approximate surface area is 208 Å². The molecule has 0 spiro atoms. The van der Waals surface area contributed by atoms with E-state index in [0.717, 1.165) is 11.1 Å². The van der Waals surface area contributed by atoms with Crippen LogP contribution in [0.3, 0.4) is 0 Å². The van der Waals surface area contributed by atoms with Crippen LogP contribution in [0.1, 0.15) is 16.1 Å². The summed E-state index contributed by atoms with van der Waals surface area (Å²) in [6, 6.07) is 20.1. The number of nitrogens with zero attached hydrogens (tertiary/aromatic N) is 2. The van der Waals surface area contributed by atoms with Crippen molar-refractivity contribution in [1.29, 1.82) is 0 Å². The van der Waals surface area contributed by atoms with E-state index in [-0.39, 0.29) is 12.7 Å². The Kier molecular flexibility index (Phi) is 6.36. The fourth-order valence-corrected chi connectivity index (χ4v) is 3.93. The Morgan fingerprint density at radius 2 is 1.64 bits per heavy atom. The standard InChI is InChI=1S/C27H25N3O6/c1-32-19-7-5-18(6-8-19)30-23(14-22(29-30)21-10-9-20(33-2)13-25(21)34-3)27(31)28-15-17-4-11-24-26(12-17)36-16-35-24/h4-14H,15-16H2,1-3H3,(H,28,31). The number of benzene rings is 3. The average Bonchev–Trinajstić information content (AvgIpc) is 3.58. The molecule has 0 saturated carbocycles. The summed E-state index contributed by atoms with van der Waals surface area (Å²) in [5, 5.41) is 7.73. The van der Waals surface area contributed by atoms with Crippen molar-refractivity contribution >= 4 is 5.91 Å². The molecule has 0 aliphatic carbocycles. The molecule has 3 aromatic carbocycles. The number of hydrogen-bond donors (Lipinski definition) is 1. The number of hydrogen-bond acceptors (Lipinski definition) is 7. The third-order valence-corrected chi connectivity index (χ3v) is 5.83. The summed E-state index contributed by atoms with van der Waals surface area (Å²) in [6.45, 7) is 0.508. The number of carbonyl (C=O) groups excluding carboxylic acids is 1. The summed E-state index contributed by atoms with van der Waals surface area (Å²) in [6.07, 6.45) is 0. The molecule has 0 saturated heterocycles. The van der Waals surface area contributed by atoms with Gasteiger partial charge < -0.3 is 29.0 Å². The summed E-state index contributed by atoms with van der Waals surface area (Å²) in [4.78, 5) is 13.4. The molecule has 9 heteroatoms. The first-order chi connectivity index (χ1) is 17.6. The minimum absolute atomic E-state index is 0.198. The molecule has 4 aromatic rings. The lowest BCUT2D eigenvalue weighted by Crippen LogP contribution is -2.25. The van der Waals surface area contributed by atoms with E-state index in [1.54, 1.807) is 38.1 Å². The highest BCUT2D eigenvalue weighted by Crippen LogP contribution is 2.34. The molecule has 1 aliphatic rings. The third-order valence-electron chi connectivity index (χ3n) is 5.83. The minimum atomic E-state index is -0.283. The first-order valence-corrected chi connectivity index (χ1v) is 11.2. The normalized spacial score (nSPS) is 11.8. The lowest BCUT2D eigenvalue weighted by atomic mass is 10.1. The van der Waals surface area contributed by atoms with Gasteiger partial charge in [0.1, 0.15) is 22.9 Å². The second kappa shape index (κ2) is 9.91. The van der Waals surface area contributed by atoms with E-state index >= 15 is 0 Å². The van der Waals surface area contributed by atoms with Crippen LogP contribution < -0.4 is 29.0 Å². The summed E-state index contributed by atoms with van der Waals surface area (Å²) in [5.74, 6) is 3.03. The highest BCUT2D eigenvalue weighted by atomic mass is 16.7. The van der Waals surface area contributed by atoms with Crippen molar-refractivity contribution in [3.63, 3.8) is 0 Å². The topological polar surface area (TPSA) is 93.1 Å². The summed E-state index contributed by atoms with van der Waals surface area (Å²) in [5.41, 5.74) is 3.28. The van der Waals surface area contributed by atoms with E-state index in [0.29, 0.717) is 52.4 Å². The summed E-state index contributed by atoms with van der Waals surface area (Å²) in [7, 11) is 4.78. The van der Waals surface area contributed by atoms with E-state index < -0.39 is 0 Å². The molecule has 1 aliphatic heterocycles. The van der Waals surface area contributed by atoms with Crippen LogP contribution in [-0.4, -0.2) is 43.8 Å². The van der Waals surface area contributed by atoms with Crippen molar-refractivity contribution in [3.8, 4) is 45.7 Å². The lowest BCUT2D eigenvalue weighted by molar-refractivity contribution is 0.0943. The van der Waals surface area contributed by atoms with Gasteiger partial charge in [0.05, 0.1) is 32.7 Å². The molecule has 1 N–H and O–H groups in total. The van der Waals surface area contributed by atoms with E-state index in [4.69, 9.17) is 28.8 Å². The zero-order valence-corrected chi connectivity index (χ0v) is 20.1. The average molecular weight is 488 g/mol. The monoisotopic (exact) mass is 487 g/mol. The molecule has 0 fully saturated rings. The molecule has 5 rings (SSSR count). The van der Waals surface area contributed by atoms with Gasteiger partial charge in [-0.15, -0.1) is 0 Å². The SMILES string of the molecule is COc1ccc(-n2nc(-c3ccc(OC)cc3OC)cc2C(=O)NCc2ccc3c(c2)OCO3)cc1. The van der Waals surface area contributed by atoms with Gasteiger partial charge >= 0.3 is 0 Å². The molecule has 184 valence electrons. The largest absolute Gasteiger partial charge is 0.497 e. The number of carbonyl (C=O) groups is 1. The molecule has 2 heterocycles. The Morgan fingerprint density at radius 1 is 0.889 bits per heavy atom. The molecular formula is C27H25N3O6. The quantitative estimate of drug-likeness (QED) is 0.398. The maximum absolute atomic E-state index is 13.4. The van der Waals surface area contributed by atoms with Gasteiger partial charge in [-0.05, 0) is 60.2 Å². The predicted octanol–water partition coefficient (Wildman–Crippen LogP) is 4.22. The van der Waals surface area contributed by atoms with Crippen LogP contribution in [0.15, 0.2) is 66.7 Å².